The molecule has 3 rings (SSSR count). The van der Waals surface area contributed by atoms with Gasteiger partial charge in [-0.15, -0.1) is 0 Å². The highest BCUT2D eigenvalue weighted by atomic mass is 19.2. The summed E-state index contributed by atoms with van der Waals surface area (Å²) < 4.78 is 52.9. The lowest BCUT2D eigenvalue weighted by atomic mass is 10.0. The quantitative estimate of drug-likeness (QED) is 0.323. The molecule has 0 unspecified atom stereocenters. The maximum absolute atomic E-state index is 13.7. The lowest BCUT2D eigenvalue weighted by molar-refractivity contribution is 0.446. The molecule has 0 aliphatic rings. The van der Waals surface area contributed by atoms with E-state index in [0.717, 1.165) is 12.1 Å². The number of rotatable bonds is 1. The standard InChI is InChI=1S/C20H10F4/c21-17-4-2-1-3-16(17)15-9-7-13(8-10-15)5-6-14-11-18(22)20(24)19(23)12-14/h1-4,7-12H. The summed E-state index contributed by atoms with van der Waals surface area (Å²) in [5, 5.41) is 0. The first-order chi connectivity index (χ1) is 11.5. The van der Waals surface area contributed by atoms with Crippen molar-refractivity contribution in [3.8, 4) is 23.0 Å². The van der Waals surface area contributed by atoms with Gasteiger partial charge in [0, 0.05) is 16.7 Å². The number of halogens is 4. The SMILES string of the molecule is Fc1ccccc1-c1ccc(C#Cc2cc(F)c(F)c(F)c2)cc1. The van der Waals surface area contributed by atoms with Crippen molar-refractivity contribution < 1.29 is 17.6 Å². The topological polar surface area (TPSA) is 0 Å². The predicted molar refractivity (Wildman–Crippen MR) is 84.1 cm³/mol. The molecule has 118 valence electrons. The van der Waals surface area contributed by atoms with Crippen molar-refractivity contribution in [1.29, 1.82) is 0 Å². The number of hydrogen-bond acceptors (Lipinski definition) is 0. The van der Waals surface area contributed by atoms with Gasteiger partial charge in [0.15, 0.2) is 17.5 Å². The van der Waals surface area contributed by atoms with Crippen LogP contribution in [0.15, 0.2) is 60.7 Å². The molecule has 0 aliphatic carbocycles. The first-order valence-electron chi connectivity index (χ1n) is 7.06. The Bertz CT molecular complexity index is 924. The van der Waals surface area contributed by atoms with Gasteiger partial charge in [0.2, 0.25) is 0 Å². The lowest BCUT2D eigenvalue weighted by Crippen LogP contribution is -1.91. The second kappa shape index (κ2) is 6.59. The van der Waals surface area contributed by atoms with Gasteiger partial charge in [0.1, 0.15) is 5.82 Å². The number of benzene rings is 3. The molecular formula is C20H10F4. The largest absolute Gasteiger partial charge is 0.206 e. The zero-order valence-corrected chi connectivity index (χ0v) is 12.3. The van der Waals surface area contributed by atoms with E-state index in [-0.39, 0.29) is 11.4 Å². The van der Waals surface area contributed by atoms with Crippen molar-refractivity contribution in [1.82, 2.24) is 0 Å². The maximum atomic E-state index is 13.7. The maximum Gasteiger partial charge on any atom is 0.194 e. The molecule has 0 radical (unpaired) electrons. The average molecular weight is 326 g/mol. The van der Waals surface area contributed by atoms with Gasteiger partial charge in [0.25, 0.3) is 0 Å². The number of hydrogen-bond donors (Lipinski definition) is 0. The second-order valence-corrected chi connectivity index (χ2v) is 5.06. The van der Waals surface area contributed by atoms with E-state index in [1.54, 1.807) is 42.5 Å². The van der Waals surface area contributed by atoms with E-state index in [9.17, 15) is 17.6 Å². The van der Waals surface area contributed by atoms with Crippen LogP contribution in [-0.2, 0) is 0 Å². The highest BCUT2D eigenvalue weighted by molar-refractivity contribution is 5.65. The molecule has 0 fully saturated rings. The van der Waals surface area contributed by atoms with Crippen LogP contribution in [0.1, 0.15) is 11.1 Å². The fourth-order valence-corrected chi connectivity index (χ4v) is 2.20. The summed E-state index contributed by atoms with van der Waals surface area (Å²) in [7, 11) is 0. The summed E-state index contributed by atoms with van der Waals surface area (Å²) in [5.41, 5.74) is 1.78. The molecule has 0 heterocycles. The summed E-state index contributed by atoms with van der Waals surface area (Å²) in [6.45, 7) is 0. The van der Waals surface area contributed by atoms with Gasteiger partial charge in [-0.3, -0.25) is 0 Å². The van der Waals surface area contributed by atoms with E-state index < -0.39 is 17.5 Å². The summed E-state index contributed by atoms with van der Waals surface area (Å²) in [6, 6.07) is 14.8. The van der Waals surface area contributed by atoms with Crippen LogP contribution in [0.4, 0.5) is 17.6 Å². The van der Waals surface area contributed by atoms with E-state index in [2.05, 4.69) is 11.8 Å². The van der Waals surface area contributed by atoms with Crippen LogP contribution < -0.4 is 0 Å². The molecule has 0 aromatic heterocycles. The zero-order valence-electron chi connectivity index (χ0n) is 12.3. The summed E-state index contributed by atoms with van der Waals surface area (Å²) in [6.07, 6.45) is 0. The summed E-state index contributed by atoms with van der Waals surface area (Å²) in [5.74, 6) is 0.888. The van der Waals surface area contributed by atoms with Gasteiger partial charge in [0.05, 0.1) is 0 Å². The molecule has 0 nitrogen and oxygen atoms in total. The zero-order chi connectivity index (χ0) is 17.1. The second-order valence-electron chi connectivity index (χ2n) is 5.06. The molecule has 0 atom stereocenters. The summed E-state index contributed by atoms with van der Waals surface area (Å²) >= 11 is 0. The van der Waals surface area contributed by atoms with Crippen LogP contribution >= 0.6 is 0 Å². The first kappa shape index (κ1) is 15.8. The lowest BCUT2D eigenvalue weighted by Gasteiger charge is -2.03. The van der Waals surface area contributed by atoms with Gasteiger partial charge in [-0.1, -0.05) is 42.2 Å². The molecule has 0 N–H and O–H groups in total. The van der Waals surface area contributed by atoms with Gasteiger partial charge >= 0.3 is 0 Å². The molecule has 3 aromatic rings. The van der Waals surface area contributed by atoms with E-state index in [1.165, 1.54) is 6.07 Å². The fraction of sp³-hybridized carbons (Fsp3) is 0. The minimum atomic E-state index is -1.52. The van der Waals surface area contributed by atoms with Crippen molar-refractivity contribution in [2.75, 3.05) is 0 Å². The molecule has 0 aliphatic heterocycles. The molecule has 0 saturated heterocycles. The molecule has 0 spiro atoms. The van der Waals surface area contributed by atoms with Crippen molar-refractivity contribution in [2.24, 2.45) is 0 Å². The van der Waals surface area contributed by atoms with Gasteiger partial charge in [-0.25, -0.2) is 17.6 Å². The molecule has 3 aromatic carbocycles. The molecule has 0 amide bonds. The van der Waals surface area contributed by atoms with Crippen LogP contribution in [0.3, 0.4) is 0 Å². The van der Waals surface area contributed by atoms with Crippen molar-refractivity contribution >= 4 is 0 Å². The third kappa shape index (κ3) is 3.31. The minimum absolute atomic E-state index is 0.0320. The van der Waals surface area contributed by atoms with Gasteiger partial charge in [-0.2, -0.15) is 0 Å². The van der Waals surface area contributed by atoms with Crippen molar-refractivity contribution in [3.05, 3.63) is 95.1 Å². The van der Waals surface area contributed by atoms with E-state index in [0.29, 0.717) is 16.7 Å². The van der Waals surface area contributed by atoms with Crippen LogP contribution in [0.25, 0.3) is 11.1 Å². The van der Waals surface area contributed by atoms with Crippen LogP contribution in [0, 0.1) is 35.1 Å². The third-order valence-corrected chi connectivity index (χ3v) is 3.40. The van der Waals surface area contributed by atoms with Gasteiger partial charge < -0.3 is 0 Å². The van der Waals surface area contributed by atoms with Crippen molar-refractivity contribution in [3.63, 3.8) is 0 Å². The molecule has 4 heteroatoms. The van der Waals surface area contributed by atoms with E-state index in [1.807, 2.05) is 0 Å². The van der Waals surface area contributed by atoms with Crippen LogP contribution in [0.2, 0.25) is 0 Å². The Morgan fingerprint density at radius 3 is 1.79 bits per heavy atom. The molecule has 24 heavy (non-hydrogen) atoms. The van der Waals surface area contributed by atoms with E-state index in [4.69, 9.17) is 0 Å². The Morgan fingerprint density at radius 1 is 0.583 bits per heavy atom. The Kier molecular flexibility index (Phi) is 4.35. The van der Waals surface area contributed by atoms with Crippen LogP contribution in [0.5, 0.6) is 0 Å². The van der Waals surface area contributed by atoms with Crippen LogP contribution in [-0.4, -0.2) is 0 Å². The molecule has 0 saturated carbocycles. The highest BCUT2D eigenvalue weighted by Gasteiger charge is 2.09. The normalized spacial score (nSPS) is 10.2. The highest BCUT2D eigenvalue weighted by Crippen LogP contribution is 2.22. The Balaban J connectivity index is 1.87. The Morgan fingerprint density at radius 2 is 1.17 bits per heavy atom. The van der Waals surface area contributed by atoms with Crippen molar-refractivity contribution in [2.45, 2.75) is 0 Å². The fourth-order valence-electron chi connectivity index (χ4n) is 2.20. The third-order valence-electron chi connectivity index (χ3n) is 3.40. The molecule has 0 bridgehead atoms. The Labute approximate surface area is 136 Å². The summed E-state index contributed by atoms with van der Waals surface area (Å²) in [4.78, 5) is 0. The smallest absolute Gasteiger partial charge is 0.194 e. The Hall–Kier alpha value is -3.06. The van der Waals surface area contributed by atoms with E-state index >= 15 is 0 Å². The first-order valence-corrected chi connectivity index (χ1v) is 7.06. The average Bonchev–Trinajstić information content (AvgIpc) is 2.59. The van der Waals surface area contributed by atoms with Gasteiger partial charge in [-0.05, 0) is 35.9 Å². The molecular weight excluding hydrogens is 316 g/mol. The monoisotopic (exact) mass is 326 g/mol. The minimum Gasteiger partial charge on any atom is -0.206 e. The predicted octanol–water partition coefficient (Wildman–Crippen LogP) is 5.31.